The van der Waals surface area contributed by atoms with Crippen molar-refractivity contribution in [2.75, 3.05) is 6.54 Å². The van der Waals surface area contributed by atoms with Crippen molar-refractivity contribution in [1.29, 1.82) is 0 Å². The Kier molecular flexibility index (Phi) is 6.31. The Morgan fingerprint density at radius 1 is 1.05 bits per heavy atom. The summed E-state index contributed by atoms with van der Waals surface area (Å²) in [6.45, 7) is 8.87. The molecular formula is C19H30N2. The Hall–Kier alpha value is -1.28. The topological polar surface area (TPSA) is 17.0 Å². The van der Waals surface area contributed by atoms with Gasteiger partial charge in [-0.15, -0.1) is 0 Å². The minimum Gasteiger partial charge on any atom is -0.345 e. The first-order chi connectivity index (χ1) is 10.2. The van der Waals surface area contributed by atoms with Gasteiger partial charge in [0, 0.05) is 29.7 Å². The van der Waals surface area contributed by atoms with Gasteiger partial charge >= 0.3 is 0 Å². The van der Waals surface area contributed by atoms with E-state index in [0.29, 0.717) is 6.04 Å². The summed E-state index contributed by atoms with van der Waals surface area (Å²) < 4.78 is 2.38. The second-order valence-electron chi connectivity index (χ2n) is 6.26. The number of nitrogens with one attached hydrogen (secondary N) is 1. The Morgan fingerprint density at radius 3 is 2.57 bits per heavy atom. The van der Waals surface area contributed by atoms with E-state index in [9.17, 15) is 0 Å². The number of aromatic nitrogens is 1. The van der Waals surface area contributed by atoms with E-state index in [-0.39, 0.29) is 0 Å². The van der Waals surface area contributed by atoms with Crippen molar-refractivity contribution in [3.63, 3.8) is 0 Å². The average molecular weight is 286 g/mol. The van der Waals surface area contributed by atoms with Gasteiger partial charge in [-0.3, -0.25) is 0 Å². The van der Waals surface area contributed by atoms with E-state index in [1.165, 1.54) is 48.6 Å². The third-order valence-electron chi connectivity index (χ3n) is 4.15. The molecule has 0 radical (unpaired) electrons. The van der Waals surface area contributed by atoms with Crippen LogP contribution in [-0.4, -0.2) is 11.1 Å². The number of nitrogens with zero attached hydrogens (tertiary/aromatic N) is 1. The van der Waals surface area contributed by atoms with Gasteiger partial charge < -0.3 is 9.88 Å². The summed E-state index contributed by atoms with van der Waals surface area (Å²) in [6, 6.07) is 9.25. The maximum Gasteiger partial charge on any atom is 0.0486 e. The van der Waals surface area contributed by atoms with Crippen LogP contribution in [0.5, 0.6) is 0 Å². The van der Waals surface area contributed by atoms with Crippen molar-refractivity contribution >= 4 is 10.9 Å². The second-order valence-corrected chi connectivity index (χ2v) is 6.26. The second kappa shape index (κ2) is 8.23. The van der Waals surface area contributed by atoms with Gasteiger partial charge in [-0.05, 0) is 38.4 Å². The molecule has 2 aromatic rings. The maximum absolute atomic E-state index is 3.61. The van der Waals surface area contributed by atoms with Crippen LogP contribution in [0.15, 0.2) is 30.5 Å². The molecule has 0 unspecified atom stereocenters. The third-order valence-corrected chi connectivity index (χ3v) is 4.15. The van der Waals surface area contributed by atoms with Crippen LogP contribution in [0.3, 0.4) is 0 Å². The lowest BCUT2D eigenvalue weighted by atomic mass is 10.1. The lowest BCUT2D eigenvalue weighted by molar-refractivity contribution is 0.581. The molecule has 0 spiro atoms. The van der Waals surface area contributed by atoms with Crippen molar-refractivity contribution in [2.45, 2.75) is 65.5 Å². The molecule has 0 atom stereocenters. The van der Waals surface area contributed by atoms with Gasteiger partial charge in [-0.2, -0.15) is 0 Å². The minimum atomic E-state index is 0.512. The van der Waals surface area contributed by atoms with Crippen LogP contribution in [0.4, 0.5) is 0 Å². The molecule has 0 fully saturated rings. The fraction of sp³-hybridized carbons (Fsp3) is 0.579. The van der Waals surface area contributed by atoms with Crippen LogP contribution in [0.25, 0.3) is 10.9 Å². The predicted molar refractivity (Wildman–Crippen MR) is 92.8 cm³/mol. The zero-order chi connectivity index (χ0) is 15.1. The zero-order valence-electron chi connectivity index (χ0n) is 13.9. The molecule has 1 N–H and O–H groups in total. The van der Waals surface area contributed by atoms with Crippen LogP contribution in [0.1, 0.15) is 64.5 Å². The first-order valence-electron chi connectivity index (χ1n) is 8.53. The maximum atomic E-state index is 3.61. The number of benzene rings is 1. The van der Waals surface area contributed by atoms with Gasteiger partial charge in [0.2, 0.25) is 0 Å². The fourth-order valence-corrected chi connectivity index (χ4v) is 2.92. The van der Waals surface area contributed by atoms with Crippen molar-refractivity contribution < 1.29 is 0 Å². The molecule has 2 heteroatoms. The SMILES string of the molecule is CCCCCCCNCc1cn(C(C)C)c2ccccc12. The Bertz CT molecular complexity index is 539. The molecule has 0 aliphatic heterocycles. The first kappa shape index (κ1) is 16.1. The van der Waals surface area contributed by atoms with Crippen LogP contribution < -0.4 is 5.32 Å². The minimum absolute atomic E-state index is 0.512. The van der Waals surface area contributed by atoms with Gasteiger partial charge in [0.1, 0.15) is 0 Å². The molecule has 2 nitrogen and oxygen atoms in total. The van der Waals surface area contributed by atoms with Gasteiger partial charge in [0.05, 0.1) is 0 Å². The van der Waals surface area contributed by atoms with E-state index in [1.54, 1.807) is 0 Å². The summed E-state index contributed by atoms with van der Waals surface area (Å²) in [5.41, 5.74) is 2.78. The van der Waals surface area contributed by atoms with E-state index in [1.807, 2.05) is 0 Å². The number of fused-ring (bicyclic) bond motifs is 1. The quantitative estimate of drug-likeness (QED) is 0.620. The predicted octanol–water partition coefficient (Wildman–Crippen LogP) is 5.28. The van der Waals surface area contributed by atoms with Crippen LogP contribution in [-0.2, 0) is 6.54 Å². The van der Waals surface area contributed by atoms with Gasteiger partial charge in [-0.25, -0.2) is 0 Å². The van der Waals surface area contributed by atoms with Crippen LogP contribution >= 0.6 is 0 Å². The normalized spacial score (nSPS) is 11.6. The molecule has 1 aromatic carbocycles. The lowest BCUT2D eigenvalue weighted by Crippen LogP contribution is -2.14. The van der Waals surface area contributed by atoms with Crippen molar-refractivity contribution in [3.8, 4) is 0 Å². The smallest absolute Gasteiger partial charge is 0.0486 e. The van der Waals surface area contributed by atoms with Crippen molar-refractivity contribution in [3.05, 3.63) is 36.0 Å². The van der Waals surface area contributed by atoms with E-state index >= 15 is 0 Å². The molecule has 21 heavy (non-hydrogen) atoms. The molecule has 116 valence electrons. The fourth-order valence-electron chi connectivity index (χ4n) is 2.92. The number of hydrogen-bond acceptors (Lipinski definition) is 1. The Balaban J connectivity index is 1.90. The van der Waals surface area contributed by atoms with Crippen molar-refractivity contribution in [1.82, 2.24) is 9.88 Å². The van der Waals surface area contributed by atoms with Gasteiger partial charge in [-0.1, -0.05) is 50.8 Å². The molecule has 0 bridgehead atoms. The van der Waals surface area contributed by atoms with E-state index in [2.05, 4.69) is 61.1 Å². The summed E-state index contributed by atoms with van der Waals surface area (Å²) in [4.78, 5) is 0. The molecule has 0 aliphatic carbocycles. The summed E-state index contributed by atoms with van der Waals surface area (Å²) in [6.07, 6.45) is 9.05. The largest absolute Gasteiger partial charge is 0.345 e. The highest BCUT2D eigenvalue weighted by Crippen LogP contribution is 2.24. The first-order valence-corrected chi connectivity index (χ1v) is 8.53. The highest BCUT2D eigenvalue weighted by atomic mass is 15.0. The van der Waals surface area contributed by atoms with Crippen LogP contribution in [0, 0.1) is 0 Å². The molecular weight excluding hydrogens is 256 g/mol. The molecule has 0 saturated heterocycles. The Labute approximate surface area is 129 Å². The molecule has 1 heterocycles. The summed E-state index contributed by atoms with van der Waals surface area (Å²) in [5.74, 6) is 0. The highest BCUT2D eigenvalue weighted by Gasteiger charge is 2.09. The van der Waals surface area contributed by atoms with E-state index < -0.39 is 0 Å². The van der Waals surface area contributed by atoms with E-state index in [4.69, 9.17) is 0 Å². The average Bonchev–Trinajstić information content (AvgIpc) is 2.86. The van der Waals surface area contributed by atoms with Crippen LogP contribution in [0.2, 0.25) is 0 Å². The molecule has 0 aliphatic rings. The molecule has 1 aromatic heterocycles. The van der Waals surface area contributed by atoms with Crippen molar-refractivity contribution in [2.24, 2.45) is 0 Å². The van der Waals surface area contributed by atoms with E-state index in [0.717, 1.165) is 13.1 Å². The summed E-state index contributed by atoms with van der Waals surface area (Å²) in [5, 5.41) is 5.00. The summed E-state index contributed by atoms with van der Waals surface area (Å²) >= 11 is 0. The lowest BCUT2D eigenvalue weighted by Gasteiger charge is -2.08. The number of unbranched alkanes of at least 4 members (excludes halogenated alkanes) is 4. The number of para-hydroxylation sites is 1. The molecule has 2 rings (SSSR count). The highest BCUT2D eigenvalue weighted by molar-refractivity contribution is 5.84. The summed E-state index contributed by atoms with van der Waals surface area (Å²) in [7, 11) is 0. The number of rotatable bonds is 9. The zero-order valence-corrected chi connectivity index (χ0v) is 13.9. The molecule has 0 saturated carbocycles. The number of hydrogen-bond donors (Lipinski definition) is 1. The standard InChI is InChI=1S/C19H30N2/c1-4-5-6-7-10-13-20-14-17-15-21(16(2)3)19-12-9-8-11-18(17)19/h8-9,11-12,15-16,20H,4-7,10,13-14H2,1-3H3. The Morgan fingerprint density at radius 2 is 1.81 bits per heavy atom. The monoisotopic (exact) mass is 286 g/mol. The van der Waals surface area contributed by atoms with Gasteiger partial charge in [0.25, 0.3) is 0 Å². The third kappa shape index (κ3) is 4.34. The molecule has 0 amide bonds. The van der Waals surface area contributed by atoms with Gasteiger partial charge in [0.15, 0.2) is 0 Å².